The molecule has 0 aromatic heterocycles. The molecule has 0 saturated heterocycles. The molecule has 3 rings (SSSR count). The molecular weight excluding hydrogens is 264 g/mol. The fourth-order valence-corrected chi connectivity index (χ4v) is 3.49. The molecule has 2 aromatic carbocycles. The molecule has 1 aliphatic heterocycles. The Labute approximate surface area is 124 Å². The van der Waals surface area contributed by atoms with E-state index in [0.29, 0.717) is 5.37 Å². The first-order chi connectivity index (χ1) is 9.75. The molecule has 0 saturated carbocycles. The van der Waals surface area contributed by atoms with Gasteiger partial charge in [-0.3, -0.25) is 0 Å². The van der Waals surface area contributed by atoms with Gasteiger partial charge in [0.25, 0.3) is 0 Å². The lowest BCUT2D eigenvalue weighted by Crippen LogP contribution is -2.23. The van der Waals surface area contributed by atoms with E-state index in [2.05, 4.69) is 84.7 Å². The summed E-state index contributed by atoms with van der Waals surface area (Å²) in [5, 5.41) is 0.360. The van der Waals surface area contributed by atoms with Crippen molar-refractivity contribution >= 4 is 23.1 Å². The number of likely N-dealkylation sites (N-methyl/N-ethyl adjacent to an activating group) is 1. The van der Waals surface area contributed by atoms with E-state index in [4.69, 9.17) is 0 Å². The average molecular weight is 282 g/mol. The predicted octanol–water partition coefficient (Wildman–Crippen LogP) is 4.20. The molecule has 2 aromatic rings. The summed E-state index contributed by atoms with van der Waals surface area (Å²) in [6.07, 6.45) is 4.40. The van der Waals surface area contributed by atoms with Crippen LogP contribution in [0, 0.1) is 0 Å². The van der Waals surface area contributed by atoms with Crippen molar-refractivity contribution in [1.82, 2.24) is 0 Å². The zero-order valence-corrected chi connectivity index (χ0v) is 12.5. The minimum Gasteiger partial charge on any atom is -0.358 e. The summed E-state index contributed by atoms with van der Waals surface area (Å²) in [4.78, 5) is 5.82. The average Bonchev–Trinajstić information content (AvgIpc) is 2.83. The maximum absolute atomic E-state index is 2.31. The van der Waals surface area contributed by atoms with Crippen molar-refractivity contribution in [2.24, 2.45) is 0 Å². The van der Waals surface area contributed by atoms with Crippen LogP contribution in [-0.2, 0) is 0 Å². The van der Waals surface area contributed by atoms with Gasteiger partial charge < -0.3 is 9.80 Å². The van der Waals surface area contributed by atoms with Crippen molar-refractivity contribution < 1.29 is 0 Å². The van der Waals surface area contributed by atoms with Crippen LogP contribution < -0.4 is 9.80 Å². The molecule has 0 fully saturated rings. The molecule has 2 nitrogen and oxygen atoms in total. The van der Waals surface area contributed by atoms with Crippen LogP contribution in [0.1, 0.15) is 0 Å². The molecule has 1 heterocycles. The van der Waals surface area contributed by atoms with E-state index in [1.165, 1.54) is 16.3 Å². The van der Waals surface area contributed by atoms with Crippen LogP contribution in [0.25, 0.3) is 0 Å². The standard InChI is InChI=1S/C17H18N2S/c1-18(14-8-4-3-5-9-14)13-12-17-19(2)15-10-6-7-11-16(15)20-17/h3-13,17H,1-2H3. The van der Waals surface area contributed by atoms with Gasteiger partial charge in [-0.25, -0.2) is 0 Å². The third-order valence-corrected chi connectivity index (χ3v) is 4.83. The quantitative estimate of drug-likeness (QED) is 0.833. The largest absolute Gasteiger partial charge is 0.358 e. The van der Waals surface area contributed by atoms with Gasteiger partial charge >= 0.3 is 0 Å². The Morgan fingerprint density at radius 1 is 1.05 bits per heavy atom. The number of anilines is 2. The highest BCUT2D eigenvalue weighted by Crippen LogP contribution is 2.42. The lowest BCUT2D eigenvalue weighted by atomic mass is 10.3. The highest BCUT2D eigenvalue weighted by molar-refractivity contribution is 8.00. The minimum atomic E-state index is 0.360. The van der Waals surface area contributed by atoms with Crippen molar-refractivity contribution in [3.63, 3.8) is 0 Å². The monoisotopic (exact) mass is 282 g/mol. The normalized spacial score (nSPS) is 17.5. The number of benzene rings is 2. The first-order valence-electron chi connectivity index (χ1n) is 6.70. The number of hydrogen-bond donors (Lipinski definition) is 0. The van der Waals surface area contributed by atoms with Crippen molar-refractivity contribution in [1.29, 1.82) is 0 Å². The van der Waals surface area contributed by atoms with E-state index in [0.717, 1.165) is 0 Å². The molecule has 0 aliphatic carbocycles. The van der Waals surface area contributed by atoms with Gasteiger partial charge in [0.2, 0.25) is 0 Å². The molecule has 102 valence electrons. The van der Waals surface area contributed by atoms with E-state index in [-0.39, 0.29) is 0 Å². The molecule has 1 atom stereocenters. The molecule has 1 unspecified atom stereocenters. The number of hydrogen-bond acceptors (Lipinski definition) is 3. The molecule has 20 heavy (non-hydrogen) atoms. The van der Waals surface area contributed by atoms with Gasteiger partial charge in [-0.05, 0) is 30.3 Å². The third kappa shape index (κ3) is 2.54. The smallest absolute Gasteiger partial charge is 0.0996 e. The summed E-state index contributed by atoms with van der Waals surface area (Å²) in [6.45, 7) is 0. The molecule has 0 N–H and O–H groups in total. The van der Waals surface area contributed by atoms with E-state index in [9.17, 15) is 0 Å². The number of nitrogens with zero attached hydrogens (tertiary/aromatic N) is 2. The molecule has 0 amide bonds. The molecular formula is C17H18N2S. The second-order valence-electron chi connectivity index (χ2n) is 4.88. The molecule has 1 aliphatic rings. The Hall–Kier alpha value is -1.87. The number of fused-ring (bicyclic) bond motifs is 1. The second kappa shape index (κ2) is 5.63. The Bertz CT molecular complexity index is 609. The zero-order chi connectivity index (χ0) is 13.9. The van der Waals surface area contributed by atoms with Crippen LogP contribution in [0.2, 0.25) is 0 Å². The van der Waals surface area contributed by atoms with E-state index in [1.807, 2.05) is 17.8 Å². The fourth-order valence-electron chi connectivity index (χ4n) is 2.31. The van der Waals surface area contributed by atoms with Crippen molar-refractivity contribution in [2.75, 3.05) is 23.9 Å². The maximum Gasteiger partial charge on any atom is 0.0996 e. The van der Waals surface area contributed by atoms with Gasteiger partial charge in [-0.1, -0.05) is 42.1 Å². The van der Waals surface area contributed by atoms with Crippen LogP contribution in [0.3, 0.4) is 0 Å². The Kier molecular flexibility index (Phi) is 3.70. The van der Waals surface area contributed by atoms with Gasteiger partial charge in [0.1, 0.15) is 0 Å². The summed E-state index contributed by atoms with van der Waals surface area (Å²) in [7, 11) is 4.23. The number of rotatable bonds is 3. The zero-order valence-electron chi connectivity index (χ0n) is 11.7. The van der Waals surface area contributed by atoms with Gasteiger partial charge in [0.05, 0.1) is 11.1 Å². The Morgan fingerprint density at radius 3 is 2.50 bits per heavy atom. The van der Waals surface area contributed by atoms with Crippen LogP contribution in [-0.4, -0.2) is 19.5 Å². The summed E-state index contributed by atoms with van der Waals surface area (Å²) in [5.41, 5.74) is 2.52. The minimum absolute atomic E-state index is 0.360. The van der Waals surface area contributed by atoms with E-state index < -0.39 is 0 Å². The van der Waals surface area contributed by atoms with Crippen LogP contribution in [0.4, 0.5) is 11.4 Å². The first kappa shape index (κ1) is 13.1. The van der Waals surface area contributed by atoms with Crippen molar-refractivity contribution in [3.8, 4) is 0 Å². The van der Waals surface area contributed by atoms with E-state index in [1.54, 1.807) is 0 Å². The van der Waals surface area contributed by atoms with Crippen LogP contribution >= 0.6 is 11.8 Å². The van der Waals surface area contributed by atoms with Gasteiger partial charge in [0, 0.05) is 30.9 Å². The summed E-state index contributed by atoms with van der Waals surface area (Å²) in [6, 6.07) is 19.0. The molecule has 3 heteroatoms. The van der Waals surface area contributed by atoms with Gasteiger partial charge in [-0.15, -0.1) is 0 Å². The SMILES string of the molecule is CN(C=CC1Sc2ccccc2N1C)c1ccccc1. The van der Waals surface area contributed by atoms with Gasteiger partial charge in [0.15, 0.2) is 0 Å². The van der Waals surface area contributed by atoms with Gasteiger partial charge in [-0.2, -0.15) is 0 Å². The third-order valence-electron chi connectivity index (χ3n) is 3.51. The van der Waals surface area contributed by atoms with Crippen molar-refractivity contribution in [3.05, 3.63) is 66.9 Å². The predicted molar refractivity (Wildman–Crippen MR) is 88.5 cm³/mol. The summed E-state index contributed by atoms with van der Waals surface area (Å²) in [5.74, 6) is 0. The first-order valence-corrected chi connectivity index (χ1v) is 7.58. The fraction of sp³-hybridized carbons (Fsp3) is 0.176. The Balaban J connectivity index is 1.72. The van der Waals surface area contributed by atoms with Crippen LogP contribution in [0.5, 0.6) is 0 Å². The second-order valence-corrected chi connectivity index (χ2v) is 6.03. The topological polar surface area (TPSA) is 6.48 Å². The van der Waals surface area contributed by atoms with Crippen molar-refractivity contribution in [2.45, 2.75) is 10.3 Å². The number of para-hydroxylation sites is 2. The molecule has 0 bridgehead atoms. The summed E-state index contributed by atoms with van der Waals surface area (Å²) >= 11 is 1.89. The summed E-state index contributed by atoms with van der Waals surface area (Å²) < 4.78 is 0. The lowest BCUT2D eigenvalue weighted by Gasteiger charge is -2.20. The maximum atomic E-state index is 2.31. The lowest BCUT2D eigenvalue weighted by molar-refractivity contribution is 0.983. The van der Waals surface area contributed by atoms with Crippen LogP contribution in [0.15, 0.2) is 71.8 Å². The highest BCUT2D eigenvalue weighted by atomic mass is 32.2. The number of thioether (sulfide) groups is 1. The van der Waals surface area contributed by atoms with E-state index >= 15 is 0 Å². The Morgan fingerprint density at radius 2 is 1.75 bits per heavy atom. The molecule has 0 spiro atoms. The molecule has 0 radical (unpaired) electrons. The highest BCUT2D eigenvalue weighted by Gasteiger charge is 2.24.